The highest BCUT2D eigenvalue weighted by molar-refractivity contribution is 5.77. The number of hydrogen-bond donors (Lipinski definition) is 1. The molecule has 2 aliphatic rings. The lowest BCUT2D eigenvalue weighted by Gasteiger charge is -2.38. The second-order valence-electron chi connectivity index (χ2n) is 11.2. The molecule has 2 aromatic heterocycles. The van der Waals surface area contributed by atoms with Gasteiger partial charge in [0.1, 0.15) is 5.39 Å². The molecule has 8 nitrogen and oxygen atoms in total. The second kappa shape index (κ2) is 9.44. The molecule has 1 N–H and O–H groups in total. The molecule has 2 aliphatic heterocycles. The number of benzene rings is 2. The number of aromatic nitrogens is 4. The second-order valence-corrected chi connectivity index (χ2v) is 11.2. The molecule has 0 aliphatic carbocycles. The molecule has 0 unspecified atom stereocenters. The minimum absolute atomic E-state index is 0.0916. The SMILES string of the molecule is CN1Cc2cc(Nc3ncc4c(=O)n5n(c4n3)-c3cccc(c3)N(C)CCCC=CC5)ccc2C(C)(C)C1. The summed E-state index contributed by atoms with van der Waals surface area (Å²) in [5.74, 6) is 0.469. The first-order chi connectivity index (χ1) is 18.3. The van der Waals surface area contributed by atoms with Crippen LogP contribution in [0.15, 0.2) is 65.6 Å². The van der Waals surface area contributed by atoms with Crippen molar-refractivity contribution in [2.45, 2.75) is 45.2 Å². The van der Waals surface area contributed by atoms with E-state index in [0.717, 1.165) is 49.5 Å². The van der Waals surface area contributed by atoms with Crippen molar-refractivity contribution in [3.8, 4) is 5.69 Å². The first-order valence-corrected chi connectivity index (χ1v) is 13.3. The first kappa shape index (κ1) is 24.4. The number of allylic oxidation sites excluding steroid dienone is 2. The largest absolute Gasteiger partial charge is 0.375 e. The van der Waals surface area contributed by atoms with Crippen LogP contribution in [0.25, 0.3) is 16.7 Å². The lowest BCUT2D eigenvalue weighted by Crippen LogP contribution is -2.39. The lowest BCUT2D eigenvalue weighted by atomic mass is 9.78. The fourth-order valence-corrected chi connectivity index (χ4v) is 5.94. The smallest absolute Gasteiger partial charge is 0.278 e. The average Bonchev–Trinajstić information content (AvgIpc) is 3.15. The highest BCUT2D eigenvalue weighted by Gasteiger charge is 2.30. The highest BCUT2D eigenvalue weighted by atomic mass is 16.1. The van der Waals surface area contributed by atoms with E-state index >= 15 is 0 Å². The lowest BCUT2D eigenvalue weighted by molar-refractivity contribution is 0.236. The molecule has 0 fully saturated rings. The summed E-state index contributed by atoms with van der Waals surface area (Å²) in [6.07, 6.45) is 7.91. The van der Waals surface area contributed by atoms with E-state index in [1.54, 1.807) is 10.9 Å². The normalized spacial score (nSPS) is 17.4. The van der Waals surface area contributed by atoms with Crippen LogP contribution in [-0.4, -0.2) is 51.4 Å². The summed E-state index contributed by atoms with van der Waals surface area (Å²) in [4.78, 5) is 27.5. The molecule has 4 aromatic rings. The Morgan fingerprint density at radius 2 is 1.87 bits per heavy atom. The molecule has 2 bridgehead atoms. The summed E-state index contributed by atoms with van der Waals surface area (Å²) >= 11 is 0. The van der Waals surface area contributed by atoms with E-state index in [9.17, 15) is 4.79 Å². The summed E-state index contributed by atoms with van der Waals surface area (Å²) < 4.78 is 3.68. The van der Waals surface area contributed by atoms with E-state index in [-0.39, 0.29) is 11.0 Å². The van der Waals surface area contributed by atoms with E-state index in [1.807, 2.05) is 16.8 Å². The Bertz CT molecular complexity index is 1600. The Labute approximate surface area is 223 Å². The molecule has 0 atom stereocenters. The van der Waals surface area contributed by atoms with E-state index in [0.29, 0.717) is 23.5 Å². The fourth-order valence-electron chi connectivity index (χ4n) is 5.94. The number of hydrogen-bond acceptors (Lipinski definition) is 6. The molecule has 4 heterocycles. The van der Waals surface area contributed by atoms with Crippen molar-refractivity contribution in [2.75, 3.05) is 37.4 Å². The van der Waals surface area contributed by atoms with Gasteiger partial charge in [0, 0.05) is 49.7 Å². The van der Waals surface area contributed by atoms with Crippen LogP contribution in [0.2, 0.25) is 0 Å². The minimum Gasteiger partial charge on any atom is -0.375 e. The molecule has 0 amide bonds. The predicted octanol–water partition coefficient (Wildman–Crippen LogP) is 4.84. The standard InChI is InChI=1S/C30H35N7O/c1-30(2)20-34(3)19-21-16-22(12-13-26(21)30)32-29-31-18-25-27(33-29)37-24-11-9-10-23(17-24)35(4)14-7-5-6-8-15-36(37)28(25)38/h6,8-13,16-18H,5,7,14-15,19-20H2,1-4H3,(H,31,32,33). The van der Waals surface area contributed by atoms with Crippen LogP contribution < -0.4 is 15.8 Å². The maximum Gasteiger partial charge on any atom is 0.278 e. The van der Waals surface area contributed by atoms with Crippen molar-refractivity contribution in [3.63, 3.8) is 0 Å². The summed E-state index contributed by atoms with van der Waals surface area (Å²) in [5.41, 5.74) is 6.26. The fraction of sp³-hybridized carbons (Fsp3) is 0.367. The maximum absolute atomic E-state index is 13.5. The number of nitrogens with zero attached hydrogens (tertiary/aromatic N) is 6. The molecule has 6 rings (SSSR count). The number of nitrogens with one attached hydrogen (secondary N) is 1. The predicted molar refractivity (Wildman–Crippen MR) is 154 cm³/mol. The third-order valence-electron chi connectivity index (χ3n) is 7.70. The van der Waals surface area contributed by atoms with E-state index in [4.69, 9.17) is 4.98 Å². The van der Waals surface area contributed by atoms with Crippen LogP contribution in [0.4, 0.5) is 17.3 Å². The Morgan fingerprint density at radius 3 is 2.74 bits per heavy atom. The summed E-state index contributed by atoms with van der Waals surface area (Å²) in [7, 11) is 4.27. The number of fused-ring (bicyclic) bond motifs is 7. The summed E-state index contributed by atoms with van der Waals surface area (Å²) in [6.45, 7) is 7.98. The number of likely N-dealkylation sites (N-methyl/N-ethyl adjacent to an activating group) is 1. The average molecular weight is 510 g/mol. The Morgan fingerprint density at radius 1 is 1.03 bits per heavy atom. The Balaban J connectivity index is 1.44. The van der Waals surface area contributed by atoms with Gasteiger partial charge in [-0.2, -0.15) is 4.98 Å². The van der Waals surface area contributed by atoms with Crippen molar-refractivity contribution in [2.24, 2.45) is 0 Å². The van der Waals surface area contributed by atoms with Gasteiger partial charge in [-0.15, -0.1) is 0 Å². The highest BCUT2D eigenvalue weighted by Crippen LogP contribution is 2.34. The van der Waals surface area contributed by atoms with Gasteiger partial charge in [-0.1, -0.05) is 38.1 Å². The third kappa shape index (κ3) is 4.39. The van der Waals surface area contributed by atoms with Crippen molar-refractivity contribution in [1.82, 2.24) is 24.2 Å². The van der Waals surface area contributed by atoms with E-state index < -0.39 is 0 Å². The van der Waals surface area contributed by atoms with Crippen LogP contribution in [-0.2, 0) is 18.5 Å². The zero-order valence-corrected chi connectivity index (χ0v) is 22.6. The van der Waals surface area contributed by atoms with Crippen LogP contribution in [0.1, 0.15) is 37.8 Å². The van der Waals surface area contributed by atoms with Gasteiger partial charge in [-0.05, 0) is 61.3 Å². The molecule has 8 heteroatoms. The third-order valence-corrected chi connectivity index (χ3v) is 7.70. The zero-order chi connectivity index (χ0) is 26.4. The van der Waals surface area contributed by atoms with Gasteiger partial charge in [0.05, 0.1) is 12.2 Å². The van der Waals surface area contributed by atoms with Crippen molar-refractivity contribution >= 4 is 28.4 Å². The topological polar surface area (TPSA) is 71.2 Å². The molecule has 0 spiro atoms. The maximum atomic E-state index is 13.5. The molecular formula is C30H35N7O. The van der Waals surface area contributed by atoms with Crippen LogP contribution in [0.3, 0.4) is 0 Å². The zero-order valence-electron chi connectivity index (χ0n) is 22.6. The van der Waals surface area contributed by atoms with E-state index in [1.165, 1.54) is 11.1 Å². The quantitative estimate of drug-likeness (QED) is 0.390. The Hall–Kier alpha value is -3.91. The van der Waals surface area contributed by atoms with Gasteiger partial charge in [0.15, 0.2) is 5.65 Å². The molecule has 0 saturated carbocycles. The molecule has 0 saturated heterocycles. The first-order valence-electron chi connectivity index (χ1n) is 13.3. The van der Waals surface area contributed by atoms with E-state index in [2.05, 4.69) is 90.5 Å². The molecular weight excluding hydrogens is 474 g/mol. The van der Waals surface area contributed by atoms with Gasteiger partial charge >= 0.3 is 0 Å². The van der Waals surface area contributed by atoms with Crippen LogP contribution >= 0.6 is 0 Å². The summed E-state index contributed by atoms with van der Waals surface area (Å²) in [6, 6.07) is 14.8. The number of anilines is 3. The molecule has 38 heavy (non-hydrogen) atoms. The molecule has 0 radical (unpaired) electrons. The van der Waals surface area contributed by atoms with Crippen molar-refractivity contribution in [1.29, 1.82) is 0 Å². The van der Waals surface area contributed by atoms with Crippen LogP contribution in [0.5, 0.6) is 0 Å². The van der Waals surface area contributed by atoms with Gasteiger partial charge in [-0.25, -0.2) is 14.3 Å². The van der Waals surface area contributed by atoms with Crippen molar-refractivity contribution < 1.29 is 0 Å². The van der Waals surface area contributed by atoms with Gasteiger partial charge in [0.2, 0.25) is 5.95 Å². The molecule has 2 aromatic carbocycles. The monoisotopic (exact) mass is 509 g/mol. The van der Waals surface area contributed by atoms with Crippen LogP contribution in [0, 0.1) is 0 Å². The van der Waals surface area contributed by atoms with Gasteiger partial charge < -0.3 is 15.1 Å². The Kier molecular flexibility index (Phi) is 6.07. The van der Waals surface area contributed by atoms with Gasteiger partial charge in [-0.3, -0.25) is 4.79 Å². The van der Waals surface area contributed by atoms with Crippen molar-refractivity contribution in [3.05, 3.63) is 82.3 Å². The van der Waals surface area contributed by atoms with Gasteiger partial charge in [0.25, 0.3) is 5.56 Å². The molecule has 196 valence electrons. The minimum atomic E-state index is -0.0916. The number of rotatable bonds is 2. The summed E-state index contributed by atoms with van der Waals surface area (Å²) in [5, 5.41) is 3.91.